The fourth-order valence-corrected chi connectivity index (χ4v) is 2.65. The molecular formula is C9H14N2OS. The summed E-state index contributed by atoms with van der Waals surface area (Å²) in [5, 5.41) is 10.7. The van der Waals surface area contributed by atoms with Crippen molar-refractivity contribution in [1.82, 2.24) is 4.98 Å². The van der Waals surface area contributed by atoms with Gasteiger partial charge in [-0.2, -0.15) is 0 Å². The summed E-state index contributed by atoms with van der Waals surface area (Å²) in [5.74, 6) is 0. The Balaban J connectivity index is 2.36. The Morgan fingerprint density at radius 2 is 2.31 bits per heavy atom. The van der Waals surface area contributed by atoms with Gasteiger partial charge in [-0.05, 0) is 19.3 Å². The number of hydrogen-bond acceptors (Lipinski definition) is 4. The molecule has 1 aromatic rings. The van der Waals surface area contributed by atoms with E-state index in [1.165, 1.54) is 4.88 Å². The van der Waals surface area contributed by atoms with Gasteiger partial charge in [-0.25, -0.2) is 4.98 Å². The number of aryl methyl sites for hydroxylation is 1. The number of nitrogens with zero attached hydrogens (tertiary/aromatic N) is 2. The van der Waals surface area contributed by atoms with Crippen molar-refractivity contribution >= 4 is 16.5 Å². The van der Waals surface area contributed by atoms with E-state index in [-0.39, 0.29) is 6.10 Å². The minimum Gasteiger partial charge on any atom is -0.387 e. The highest BCUT2D eigenvalue weighted by Crippen LogP contribution is 2.35. The van der Waals surface area contributed by atoms with Crippen LogP contribution >= 0.6 is 11.3 Å². The molecule has 0 bridgehead atoms. The summed E-state index contributed by atoms with van der Waals surface area (Å²) in [6.07, 6.45) is 2.71. The van der Waals surface area contributed by atoms with Gasteiger partial charge in [0.1, 0.15) is 0 Å². The molecule has 1 heterocycles. The molecule has 0 aromatic carbocycles. The predicted octanol–water partition coefficient (Wildman–Crippen LogP) is 1.58. The van der Waals surface area contributed by atoms with Crippen LogP contribution in [0.3, 0.4) is 0 Å². The number of aromatic nitrogens is 1. The number of thiazole rings is 1. The van der Waals surface area contributed by atoms with Crippen LogP contribution in [0.4, 0.5) is 5.13 Å². The molecule has 0 amide bonds. The Labute approximate surface area is 82.0 Å². The van der Waals surface area contributed by atoms with E-state index in [2.05, 4.69) is 4.98 Å². The summed E-state index contributed by atoms with van der Waals surface area (Å²) in [6.45, 7) is 0. The molecule has 0 aliphatic heterocycles. The fourth-order valence-electron chi connectivity index (χ4n) is 1.57. The Hall–Kier alpha value is -0.610. The molecule has 0 fully saturated rings. The molecule has 4 heteroatoms. The quantitative estimate of drug-likeness (QED) is 0.744. The maximum Gasteiger partial charge on any atom is 0.185 e. The largest absolute Gasteiger partial charge is 0.387 e. The van der Waals surface area contributed by atoms with Crippen LogP contribution < -0.4 is 4.90 Å². The summed E-state index contributed by atoms with van der Waals surface area (Å²) >= 11 is 1.70. The summed E-state index contributed by atoms with van der Waals surface area (Å²) < 4.78 is 0. The molecule has 0 spiro atoms. The first-order valence-corrected chi connectivity index (χ1v) is 5.35. The third-order valence-corrected chi connectivity index (χ3v) is 3.59. The highest BCUT2D eigenvalue weighted by molar-refractivity contribution is 7.15. The number of rotatable bonds is 1. The standard InChI is InChI=1S/C9H14N2OS/c1-11(2)9-10-8-6(12)4-3-5-7(8)13-9/h6,12H,3-5H2,1-2H3. The summed E-state index contributed by atoms with van der Waals surface area (Å²) in [5.41, 5.74) is 0.917. The van der Waals surface area contributed by atoms with Crippen molar-refractivity contribution in [3.8, 4) is 0 Å². The van der Waals surface area contributed by atoms with Crippen LogP contribution in [0.5, 0.6) is 0 Å². The van der Waals surface area contributed by atoms with Crippen LogP contribution in [0.2, 0.25) is 0 Å². The van der Waals surface area contributed by atoms with Crippen LogP contribution in [0.25, 0.3) is 0 Å². The second kappa shape index (κ2) is 3.27. The van der Waals surface area contributed by atoms with Gasteiger partial charge in [0.15, 0.2) is 5.13 Å². The molecule has 1 atom stereocenters. The van der Waals surface area contributed by atoms with E-state index in [1.54, 1.807) is 11.3 Å². The van der Waals surface area contributed by atoms with Crippen molar-refractivity contribution < 1.29 is 5.11 Å². The topological polar surface area (TPSA) is 36.4 Å². The maximum absolute atomic E-state index is 9.68. The average Bonchev–Trinajstić information content (AvgIpc) is 2.49. The Kier molecular flexibility index (Phi) is 2.26. The van der Waals surface area contributed by atoms with Gasteiger partial charge in [0.25, 0.3) is 0 Å². The van der Waals surface area contributed by atoms with Crippen LogP contribution in [-0.2, 0) is 6.42 Å². The van der Waals surface area contributed by atoms with Crippen LogP contribution in [-0.4, -0.2) is 24.2 Å². The van der Waals surface area contributed by atoms with Gasteiger partial charge in [-0.15, -0.1) is 11.3 Å². The van der Waals surface area contributed by atoms with Gasteiger partial charge in [-0.3, -0.25) is 0 Å². The molecule has 3 nitrogen and oxygen atoms in total. The van der Waals surface area contributed by atoms with Gasteiger partial charge in [0.2, 0.25) is 0 Å². The van der Waals surface area contributed by atoms with Crippen molar-refractivity contribution in [2.45, 2.75) is 25.4 Å². The fraction of sp³-hybridized carbons (Fsp3) is 0.667. The lowest BCUT2D eigenvalue weighted by molar-refractivity contribution is 0.153. The monoisotopic (exact) mass is 198 g/mol. The molecular weight excluding hydrogens is 184 g/mol. The van der Waals surface area contributed by atoms with Crippen molar-refractivity contribution in [3.63, 3.8) is 0 Å². The third-order valence-electron chi connectivity index (χ3n) is 2.30. The first-order valence-electron chi connectivity index (χ1n) is 4.53. The smallest absolute Gasteiger partial charge is 0.185 e. The summed E-state index contributed by atoms with van der Waals surface area (Å²) in [6, 6.07) is 0. The predicted molar refractivity (Wildman–Crippen MR) is 54.3 cm³/mol. The second-order valence-electron chi connectivity index (χ2n) is 3.61. The van der Waals surface area contributed by atoms with Crippen LogP contribution in [0.15, 0.2) is 0 Å². The van der Waals surface area contributed by atoms with Crippen LogP contribution in [0, 0.1) is 0 Å². The van der Waals surface area contributed by atoms with Crippen LogP contribution in [0.1, 0.15) is 29.5 Å². The van der Waals surface area contributed by atoms with Gasteiger partial charge < -0.3 is 10.0 Å². The zero-order chi connectivity index (χ0) is 9.42. The SMILES string of the molecule is CN(C)c1nc2c(s1)CCCC2O. The molecule has 0 radical (unpaired) electrons. The minimum absolute atomic E-state index is 0.325. The number of anilines is 1. The molecule has 0 saturated heterocycles. The molecule has 0 saturated carbocycles. The number of aliphatic hydroxyl groups is 1. The molecule has 1 aliphatic rings. The minimum atomic E-state index is -0.325. The zero-order valence-electron chi connectivity index (χ0n) is 7.95. The average molecular weight is 198 g/mol. The molecule has 72 valence electrons. The van der Waals surface area contributed by atoms with Gasteiger partial charge in [-0.1, -0.05) is 0 Å². The van der Waals surface area contributed by atoms with Gasteiger partial charge in [0.05, 0.1) is 11.8 Å². The maximum atomic E-state index is 9.68. The summed E-state index contributed by atoms with van der Waals surface area (Å²) in [7, 11) is 3.97. The van der Waals surface area contributed by atoms with Crippen molar-refractivity contribution in [2.24, 2.45) is 0 Å². The Morgan fingerprint density at radius 3 is 2.92 bits per heavy atom. The van der Waals surface area contributed by atoms with Crippen molar-refractivity contribution in [1.29, 1.82) is 0 Å². The summed E-state index contributed by atoms with van der Waals surface area (Å²) in [4.78, 5) is 7.69. The van der Waals surface area contributed by atoms with E-state index < -0.39 is 0 Å². The van der Waals surface area contributed by atoms with E-state index in [1.807, 2.05) is 19.0 Å². The highest BCUT2D eigenvalue weighted by atomic mass is 32.1. The molecule has 1 N–H and O–H groups in total. The highest BCUT2D eigenvalue weighted by Gasteiger charge is 2.22. The second-order valence-corrected chi connectivity index (χ2v) is 4.67. The van der Waals surface area contributed by atoms with E-state index in [4.69, 9.17) is 0 Å². The first-order chi connectivity index (χ1) is 6.18. The third kappa shape index (κ3) is 1.56. The molecule has 1 aromatic heterocycles. The van der Waals surface area contributed by atoms with Crippen molar-refractivity contribution in [3.05, 3.63) is 10.6 Å². The Bertz CT molecular complexity index is 309. The lowest BCUT2D eigenvalue weighted by atomic mass is 10.0. The zero-order valence-corrected chi connectivity index (χ0v) is 8.77. The first kappa shape index (κ1) is 8.97. The van der Waals surface area contributed by atoms with Gasteiger partial charge >= 0.3 is 0 Å². The molecule has 2 rings (SSSR count). The number of fused-ring (bicyclic) bond motifs is 1. The van der Waals surface area contributed by atoms with Gasteiger partial charge in [0, 0.05) is 19.0 Å². The Morgan fingerprint density at radius 1 is 1.54 bits per heavy atom. The number of aliphatic hydroxyl groups excluding tert-OH is 1. The number of hydrogen-bond donors (Lipinski definition) is 1. The van der Waals surface area contributed by atoms with E-state index in [9.17, 15) is 5.11 Å². The lowest BCUT2D eigenvalue weighted by Crippen LogP contribution is -2.09. The van der Waals surface area contributed by atoms with Crippen molar-refractivity contribution in [2.75, 3.05) is 19.0 Å². The van der Waals surface area contributed by atoms with E-state index in [0.717, 1.165) is 30.1 Å². The molecule has 13 heavy (non-hydrogen) atoms. The lowest BCUT2D eigenvalue weighted by Gasteiger charge is -2.14. The normalized spacial score (nSPS) is 21.3. The van der Waals surface area contributed by atoms with E-state index in [0.29, 0.717) is 0 Å². The molecule has 1 unspecified atom stereocenters. The molecule has 1 aliphatic carbocycles. The van der Waals surface area contributed by atoms with E-state index >= 15 is 0 Å².